The first-order chi connectivity index (χ1) is 14.1. The number of hydrazone groups is 1. The highest BCUT2D eigenvalue weighted by molar-refractivity contribution is 6.30. The molecule has 0 unspecified atom stereocenters. The standard InChI is InChI=1S/C23H27ClN2O3/c1-2-3-4-5-6-7-11-22(27)26-25-17-18-9-8-10-21(16-18)29-23(28)19-12-14-20(24)15-13-19/h8-10,12-17H,2-7,11H2,1H3,(H,26,27). The predicted molar refractivity (Wildman–Crippen MR) is 117 cm³/mol. The Balaban J connectivity index is 1.77. The summed E-state index contributed by atoms with van der Waals surface area (Å²) in [7, 11) is 0. The maximum atomic E-state index is 12.2. The third kappa shape index (κ3) is 8.92. The second-order valence-corrected chi connectivity index (χ2v) is 7.22. The van der Waals surface area contributed by atoms with Crippen molar-refractivity contribution in [1.82, 2.24) is 5.43 Å². The van der Waals surface area contributed by atoms with Gasteiger partial charge in [0.05, 0.1) is 11.8 Å². The third-order valence-electron chi connectivity index (χ3n) is 4.31. The van der Waals surface area contributed by atoms with E-state index in [4.69, 9.17) is 16.3 Å². The van der Waals surface area contributed by atoms with Gasteiger partial charge in [0.25, 0.3) is 0 Å². The summed E-state index contributed by atoms with van der Waals surface area (Å²) >= 11 is 5.83. The van der Waals surface area contributed by atoms with E-state index in [9.17, 15) is 9.59 Å². The second kappa shape index (κ2) is 12.7. The van der Waals surface area contributed by atoms with Gasteiger partial charge in [-0.05, 0) is 48.4 Å². The topological polar surface area (TPSA) is 67.8 Å². The number of hydrogen-bond donors (Lipinski definition) is 1. The zero-order valence-electron chi connectivity index (χ0n) is 16.7. The molecule has 0 aliphatic carbocycles. The van der Waals surface area contributed by atoms with E-state index in [-0.39, 0.29) is 5.91 Å². The molecule has 0 atom stereocenters. The fourth-order valence-corrected chi connectivity index (χ4v) is 2.84. The fraction of sp³-hybridized carbons (Fsp3) is 0.348. The van der Waals surface area contributed by atoms with Crippen LogP contribution >= 0.6 is 11.6 Å². The molecular weight excluding hydrogens is 388 g/mol. The molecule has 0 aliphatic heterocycles. The molecule has 2 aromatic rings. The molecule has 0 heterocycles. The van der Waals surface area contributed by atoms with Crippen molar-refractivity contribution >= 4 is 29.7 Å². The average molecular weight is 415 g/mol. The van der Waals surface area contributed by atoms with Crippen LogP contribution in [0.3, 0.4) is 0 Å². The Morgan fingerprint density at radius 3 is 2.52 bits per heavy atom. The Labute approximate surface area is 177 Å². The summed E-state index contributed by atoms with van der Waals surface area (Å²) in [4.78, 5) is 24.0. The number of nitrogens with one attached hydrogen (secondary N) is 1. The highest BCUT2D eigenvalue weighted by Gasteiger charge is 2.08. The quantitative estimate of drug-likeness (QED) is 0.167. The Morgan fingerprint density at radius 1 is 1.03 bits per heavy atom. The molecule has 0 aromatic heterocycles. The monoisotopic (exact) mass is 414 g/mol. The number of benzene rings is 2. The number of ether oxygens (including phenoxy) is 1. The molecule has 2 aromatic carbocycles. The first-order valence-corrected chi connectivity index (χ1v) is 10.4. The van der Waals surface area contributed by atoms with Gasteiger partial charge >= 0.3 is 5.97 Å². The zero-order chi connectivity index (χ0) is 20.9. The molecule has 0 saturated heterocycles. The lowest BCUT2D eigenvalue weighted by Crippen LogP contribution is -2.16. The smallest absolute Gasteiger partial charge is 0.343 e. The minimum atomic E-state index is -0.469. The summed E-state index contributed by atoms with van der Waals surface area (Å²) in [5, 5.41) is 4.53. The van der Waals surface area contributed by atoms with Gasteiger partial charge in [-0.3, -0.25) is 4.79 Å². The van der Waals surface area contributed by atoms with Gasteiger partial charge in [-0.2, -0.15) is 5.10 Å². The van der Waals surface area contributed by atoms with E-state index in [1.54, 1.807) is 42.5 Å². The summed E-state index contributed by atoms with van der Waals surface area (Å²) in [6.07, 6.45) is 8.82. The minimum absolute atomic E-state index is 0.0953. The van der Waals surface area contributed by atoms with E-state index < -0.39 is 5.97 Å². The van der Waals surface area contributed by atoms with Crippen LogP contribution in [0.5, 0.6) is 5.75 Å². The normalized spacial score (nSPS) is 10.8. The molecule has 0 saturated carbocycles. The highest BCUT2D eigenvalue weighted by atomic mass is 35.5. The number of hydrogen-bond acceptors (Lipinski definition) is 4. The van der Waals surface area contributed by atoms with Crippen LogP contribution in [-0.2, 0) is 4.79 Å². The van der Waals surface area contributed by atoms with Gasteiger partial charge in [0.15, 0.2) is 0 Å². The van der Waals surface area contributed by atoms with Crippen molar-refractivity contribution in [3.8, 4) is 5.75 Å². The first kappa shape index (κ1) is 22.6. The van der Waals surface area contributed by atoms with E-state index in [0.29, 0.717) is 28.3 Å². The van der Waals surface area contributed by atoms with Gasteiger partial charge < -0.3 is 4.74 Å². The van der Waals surface area contributed by atoms with Gasteiger partial charge in [0, 0.05) is 11.4 Å². The van der Waals surface area contributed by atoms with Crippen molar-refractivity contribution in [2.24, 2.45) is 5.10 Å². The first-order valence-electron chi connectivity index (χ1n) is 9.98. The molecule has 29 heavy (non-hydrogen) atoms. The third-order valence-corrected chi connectivity index (χ3v) is 4.56. The van der Waals surface area contributed by atoms with Crippen LogP contribution in [0.15, 0.2) is 53.6 Å². The molecule has 5 nitrogen and oxygen atoms in total. The fourth-order valence-electron chi connectivity index (χ4n) is 2.71. The molecule has 0 radical (unpaired) electrons. The number of halogens is 1. The van der Waals surface area contributed by atoms with Crippen molar-refractivity contribution in [1.29, 1.82) is 0 Å². The Kier molecular flexibility index (Phi) is 9.93. The highest BCUT2D eigenvalue weighted by Crippen LogP contribution is 2.16. The van der Waals surface area contributed by atoms with E-state index >= 15 is 0 Å². The molecule has 1 amide bonds. The lowest BCUT2D eigenvalue weighted by molar-refractivity contribution is -0.121. The number of unbranched alkanes of at least 4 members (excludes halogenated alkanes) is 5. The van der Waals surface area contributed by atoms with Crippen molar-refractivity contribution in [2.75, 3.05) is 0 Å². The summed E-state index contributed by atoms with van der Waals surface area (Å²) in [5.41, 5.74) is 3.66. The number of rotatable bonds is 11. The number of amides is 1. The van der Waals surface area contributed by atoms with E-state index in [1.807, 2.05) is 6.07 Å². The van der Waals surface area contributed by atoms with Gasteiger partial charge in [-0.15, -0.1) is 0 Å². The average Bonchev–Trinajstić information content (AvgIpc) is 2.71. The summed E-state index contributed by atoms with van der Waals surface area (Å²) in [6, 6.07) is 13.4. The number of carbonyl (C=O) groups excluding carboxylic acids is 2. The maximum absolute atomic E-state index is 12.2. The van der Waals surface area contributed by atoms with E-state index in [2.05, 4.69) is 17.5 Å². The van der Waals surface area contributed by atoms with Crippen LogP contribution in [-0.4, -0.2) is 18.1 Å². The number of nitrogens with zero attached hydrogens (tertiary/aromatic N) is 1. The number of esters is 1. The van der Waals surface area contributed by atoms with E-state index in [1.165, 1.54) is 31.9 Å². The maximum Gasteiger partial charge on any atom is 0.343 e. The molecule has 0 spiro atoms. The van der Waals surface area contributed by atoms with Crippen molar-refractivity contribution < 1.29 is 14.3 Å². The van der Waals surface area contributed by atoms with Crippen molar-refractivity contribution in [2.45, 2.75) is 51.9 Å². The van der Waals surface area contributed by atoms with Crippen LogP contribution in [0, 0.1) is 0 Å². The Bertz CT molecular complexity index is 819. The second-order valence-electron chi connectivity index (χ2n) is 6.78. The predicted octanol–water partition coefficient (Wildman–Crippen LogP) is 5.76. The molecule has 6 heteroatoms. The summed E-state index contributed by atoms with van der Waals surface area (Å²) in [5.74, 6) is -0.169. The molecule has 0 aliphatic rings. The molecule has 1 N–H and O–H groups in total. The minimum Gasteiger partial charge on any atom is -0.423 e. The van der Waals surface area contributed by atoms with Crippen LogP contribution < -0.4 is 10.2 Å². The number of carbonyl (C=O) groups is 2. The summed E-state index contributed by atoms with van der Waals surface area (Å²) < 4.78 is 5.37. The molecule has 154 valence electrons. The van der Waals surface area contributed by atoms with Crippen LogP contribution in [0.1, 0.15) is 67.8 Å². The van der Waals surface area contributed by atoms with Gasteiger partial charge in [0.1, 0.15) is 5.75 Å². The van der Waals surface area contributed by atoms with Crippen LogP contribution in [0.2, 0.25) is 5.02 Å². The molecule has 0 bridgehead atoms. The van der Waals surface area contributed by atoms with E-state index in [0.717, 1.165) is 12.8 Å². The van der Waals surface area contributed by atoms with Crippen molar-refractivity contribution in [3.05, 3.63) is 64.7 Å². The van der Waals surface area contributed by atoms with Crippen molar-refractivity contribution in [3.63, 3.8) is 0 Å². The van der Waals surface area contributed by atoms with Crippen LogP contribution in [0.25, 0.3) is 0 Å². The Hall–Kier alpha value is -2.66. The van der Waals surface area contributed by atoms with Gasteiger partial charge in [0.2, 0.25) is 5.91 Å². The Morgan fingerprint density at radius 2 is 1.76 bits per heavy atom. The van der Waals surface area contributed by atoms with Crippen LogP contribution in [0.4, 0.5) is 0 Å². The summed E-state index contributed by atoms with van der Waals surface area (Å²) in [6.45, 7) is 2.19. The lowest BCUT2D eigenvalue weighted by Gasteiger charge is -2.05. The molecular formula is C23H27ClN2O3. The SMILES string of the molecule is CCCCCCCCC(=O)NN=Cc1cccc(OC(=O)c2ccc(Cl)cc2)c1. The molecule has 2 rings (SSSR count). The van der Waals surface area contributed by atoms with Gasteiger partial charge in [-0.25, -0.2) is 10.2 Å². The largest absolute Gasteiger partial charge is 0.423 e. The lowest BCUT2D eigenvalue weighted by atomic mass is 10.1. The van der Waals surface area contributed by atoms with Gasteiger partial charge in [-0.1, -0.05) is 62.8 Å². The molecule has 0 fully saturated rings. The zero-order valence-corrected chi connectivity index (χ0v) is 17.5.